The van der Waals surface area contributed by atoms with Gasteiger partial charge in [-0.3, -0.25) is 4.79 Å². The second kappa shape index (κ2) is 8.30. The molecule has 0 radical (unpaired) electrons. The summed E-state index contributed by atoms with van der Waals surface area (Å²) in [5.74, 6) is -2.41. The Hall–Kier alpha value is -1.91. The number of ketones is 1. The summed E-state index contributed by atoms with van der Waals surface area (Å²) >= 11 is 0. The first kappa shape index (κ1) is 16.1. The molecule has 0 aliphatic heterocycles. The lowest BCUT2D eigenvalue weighted by Crippen LogP contribution is -2.17. The highest BCUT2D eigenvalue weighted by atomic mass is 19.1. The fraction of sp³-hybridized carbons (Fsp3) is 0.467. The molecule has 0 aliphatic carbocycles. The van der Waals surface area contributed by atoms with E-state index in [0.29, 0.717) is 6.61 Å². The summed E-state index contributed by atoms with van der Waals surface area (Å²) in [5.41, 5.74) is -0.0399. The molecule has 0 heterocycles. The molecule has 4 nitrogen and oxygen atoms in total. The van der Waals surface area contributed by atoms with E-state index in [9.17, 15) is 14.0 Å². The standard InChI is InChI=1S/C15H19FO4/c1-3-5-6-9-20-13-8-7-11(10-12(13)16)14(17)15(18)19-4-2/h7-8,10H,3-6,9H2,1-2H3. The van der Waals surface area contributed by atoms with E-state index in [2.05, 4.69) is 11.7 Å². The van der Waals surface area contributed by atoms with Gasteiger partial charge < -0.3 is 9.47 Å². The van der Waals surface area contributed by atoms with E-state index in [1.165, 1.54) is 12.1 Å². The lowest BCUT2D eigenvalue weighted by atomic mass is 10.1. The first-order valence-electron chi connectivity index (χ1n) is 6.74. The van der Waals surface area contributed by atoms with Crippen LogP contribution >= 0.6 is 0 Å². The van der Waals surface area contributed by atoms with Crippen LogP contribution in [0.4, 0.5) is 4.39 Å². The largest absolute Gasteiger partial charge is 0.491 e. The van der Waals surface area contributed by atoms with Gasteiger partial charge in [-0.05, 0) is 31.5 Å². The van der Waals surface area contributed by atoms with E-state index >= 15 is 0 Å². The summed E-state index contributed by atoms with van der Waals surface area (Å²) in [6, 6.07) is 3.71. The molecule has 0 N–H and O–H groups in total. The summed E-state index contributed by atoms with van der Waals surface area (Å²) in [6.07, 6.45) is 2.92. The minimum Gasteiger partial charge on any atom is -0.491 e. The highest BCUT2D eigenvalue weighted by Crippen LogP contribution is 2.19. The average Bonchev–Trinajstić information content (AvgIpc) is 2.44. The van der Waals surface area contributed by atoms with Gasteiger partial charge in [0.2, 0.25) is 0 Å². The van der Waals surface area contributed by atoms with Gasteiger partial charge in [0, 0.05) is 5.56 Å². The monoisotopic (exact) mass is 282 g/mol. The van der Waals surface area contributed by atoms with Crippen molar-refractivity contribution in [3.8, 4) is 5.75 Å². The van der Waals surface area contributed by atoms with Gasteiger partial charge in [-0.2, -0.15) is 0 Å². The fourth-order valence-electron chi connectivity index (χ4n) is 1.61. The Balaban J connectivity index is 2.67. The van der Waals surface area contributed by atoms with Crippen LogP contribution in [0.1, 0.15) is 43.5 Å². The molecule has 0 amide bonds. The maximum absolute atomic E-state index is 13.7. The third-order valence-electron chi connectivity index (χ3n) is 2.66. The molecular formula is C15H19FO4. The Morgan fingerprint density at radius 2 is 1.95 bits per heavy atom. The summed E-state index contributed by atoms with van der Waals surface area (Å²) in [5, 5.41) is 0. The van der Waals surface area contributed by atoms with Gasteiger partial charge in [-0.25, -0.2) is 9.18 Å². The normalized spacial score (nSPS) is 10.2. The van der Waals surface area contributed by atoms with Crippen LogP contribution in [0.3, 0.4) is 0 Å². The molecule has 20 heavy (non-hydrogen) atoms. The fourth-order valence-corrected chi connectivity index (χ4v) is 1.61. The molecular weight excluding hydrogens is 263 g/mol. The van der Waals surface area contributed by atoms with Crippen LogP contribution in [0.2, 0.25) is 0 Å². The number of carbonyl (C=O) groups is 2. The van der Waals surface area contributed by atoms with Gasteiger partial charge in [0.15, 0.2) is 11.6 Å². The first-order chi connectivity index (χ1) is 9.60. The van der Waals surface area contributed by atoms with Crippen molar-refractivity contribution < 1.29 is 23.5 Å². The van der Waals surface area contributed by atoms with E-state index in [1.807, 2.05) is 0 Å². The number of halogens is 1. The quantitative estimate of drug-likeness (QED) is 0.318. The van der Waals surface area contributed by atoms with E-state index in [4.69, 9.17) is 4.74 Å². The molecule has 1 aromatic carbocycles. The predicted molar refractivity (Wildman–Crippen MR) is 72.4 cm³/mol. The Kier molecular flexibility index (Phi) is 6.70. The van der Waals surface area contributed by atoms with Crippen molar-refractivity contribution in [2.24, 2.45) is 0 Å². The predicted octanol–water partition coefficient (Wildman–Crippen LogP) is 3.14. The first-order valence-corrected chi connectivity index (χ1v) is 6.74. The number of unbranched alkanes of at least 4 members (excludes halogenated alkanes) is 2. The maximum atomic E-state index is 13.7. The van der Waals surface area contributed by atoms with Crippen molar-refractivity contribution in [2.75, 3.05) is 13.2 Å². The number of ether oxygens (including phenoxy) is 2. The molecule has 5 heteroatoms. The van der Waals surface area contributed by atoms with E-state index in [0.717, 1.165) is 25.3 Å². The summed E-state index contributed by atoms with van der Waals surface area (Å²) in [6.45, 7) is 4.19. The molecule has 0 bridgehead atoms. The van der Waals surface area contributed by atoms with Crippen molar-refractivity contribution >= 4 is 11.8 Å². The van der Waals surface area contributed by atoms with Gasteiger partial charge in [0.1, 0.15) is 0 Å². The van der Waals surface area contributed by atoms with Crippen LogP contribution in [0.15, 0.2) is 18.2 Å². The van der Waals surface area contributed by atoms with Crippen LogP contribution in [-0.2, 0) is 9.53 Å². The molecule has 0 spiro atoms. The number of carbonyl (C=O) groups excluding carboxylic acids is 2. The molecule has 0 atom stereocenters. The molecule has 0 aromatic heterocycles. The van der Waals surface area contributed by atoms with Crippen molar-refractivity contribution in [2.45, 2.75) is 33.1 Å². The summed E-state index contributed by atoms with van der Waals surface area (Å²) in [4.78, 5) is 22.9. The third kappa shape index (κ3) is 4.64. The average molecular weight is 282 g/mol. The zero-order chi connectivity index (χ0) is 15.0. The van der Waals surface area contributed by atoms with E-state index in [-0.39, 0.29) is 17.9 Å². The molecule has 0 fully saturated rings. The number of Topliss-reactive ketones (excluding diaryl/α,β-unsaturated/α-hetero) is 1. The minimum absolute atomic E-state index is 0.0399. The highest BCUT2D eigenvalue weighted by Gasteiger charge is 2.19. The summed E-state index contributed by atoms with van der Waals surface area (Å²) < 4.78 is 23.6. The number of rotatable bonds is 8. The van der Waals surface area contributed by atoms with Gasteiger partial charge in [0.25, 0.3) is 5.78 Å². The van der Waals surface area contributed by atoms with Crippen LogP contribution < -0.4 is 4.74 Å². The Bertz CT molecular complexity index is 471. The van der Waals surface area contributed by atoms with Gasteiger partial charge in [-0.15, -0.1) is 0 Å². The van der Waals surface area contributed by atoms with Crippen LogP contribution in [0.5, 0.6) is 5.75 Å². The van der Waals surface area contributed by atoms with Gasteiger partial charge in [0.05, 0.1) is 13.2 Å². The number of hydrogen-bond donors (Lipinski definition) is 0. The van der Waals surface area contributed by atoms with Crippen molar-refractivity contribution in [1.82, 2.24) is 0 Å². The number of esters is 1. The van der Waals surface area contributed by atoms with Crippen molar-refractivity contribution in [1.29, 1.82) is 0 Å². The summed E-state index contributed by atoms with van der Waals surface area (Å²) in [7, 11) is 0. The van der Waals surface area contributed by atoms with E-state index in [1.54, 1.807) is 6.92 Å². The molecule has 1 aromatic rings. The topological polar surface area (TPSA) is 52.6 Å². The number of hydrogen-bond acceptors (Lipinski definition) is 4. The van der Waals surface area contributed by atoms with Crippen molar-refractivity contribution in [3.63, 3.8) is 0 Å². The highest BCUT2D eigenvalue weighted by molar-refractivity contribution is 6.40. The van der Waals surface area contributed by atoms with Gasteiger partial charge >= 0.3 is 5.97 Å². The molecule has 0 aliphatic rings. The molecule has 1 rings (SSSR count). The zero-order valence-electron chi connectivity index (χ0n) is 11.8. The molecule has 0 saturated heterocycles. The minimum atomic E-state index is -0.983. The Labute approximate surface area is 117 Å². The van der Waals surface area contributed by atoms with Crippen LogP contribution in [0, 0.1) is 5.82 Å². The smallest absolute Gasteiger partial charge is 0.379 e. The second-order valence-corrected chi connectivity index (χ2v) is 4.25. The Morgan fingerprint density at radius 1 is 1.20 bits per heavy atom. The maximum Gasteiger partial charge on any atom is 0.379 e. The second-order valence-electron chi connectivity index (χ2n) is 4.25. The SMILES string of the molecule is CCCCCOc1ccc(C(=O)C(=O)OCC)cc1F. The van der Waals surface area contributed by atoms with Crippen LogP contribution in [0.25, 0.3) is 0 Å². The third-order valence-corrected chi connectivity index (χ3v) is 2.66. The lowest BCUT2D eigenvalue weighted by Gasteiger charge is -2.08. The van der Waals surface area contributed by atoms with Gasteiger partial charge in [-0.1, -0.05) is 19.8 Å². The molecule has 110 valence electrons. The van der Waals surface area contributed by atoms with Crippen molar-refractivity contribution in [3.05, 3.63) is 29.6 Å². The number of benzene rings is 1. The zero-order valence-corrected chi connectivity index (χ0v) is 11.8. The lowest BCUT2D eigenvalue weighted by molar-refractivity contribution is -0.137. The molecule has 0 unspecified atom stereocenters. The Morgan fingerprint density at radius 3 is 2.55 bits per heavy atom. The molecule has 0 saturated carbocycles. The van der Waals surface area contributed by atoms with E-state index < -0.39 is 17.6 Å². The van der Waals surface area contributed by atoms with Crippen LogP contribution in [-0.4, -0.2) is 25.0 Å².